The van der Waals surface area contributed by atoms with E-state index in [1.54, 1.807) is 0 Å². The molecule has 104 valence electrons. The van der Waals surface area contributed by atoms with Crippen molar-refractivity contribution in [2.75, 3.05) is 6.54 Å². The van der Waals surface area contributed by atoms with Crippen molar-refractivity contribution >= 4 is 5.97 Å². The Kier molecular flexibility index (Phi) is 4.25. The lowest BCUT2D eigenvalue weighted by Gasteiger charge is -2.31. The summed E-state index contributed by atoms with van der Waals surface area (Å²) >= 11 is 0. The predicted octanol–water partition coefficient (Wildman–Crippen LogP) is 3.30. The SMILES string of the molecule is Cc1ccc(C)c(C(C)N2CCCC2CC(=O)O)c1. The van der Waals surface area contributed by atoms with Gasteiger partial charge >= 0.3 is 5.97 Å². The molecular weight excluding hydrogens is 238 g/mol. The number of benzene rings is 1. The van der Waals surface area contributed by atoms with Gasteiger partial charge in [-0.2, -0.15) is 0 Å². The van der Waals surface area contributed by atoms with Gasteiger partial charge in [0.05, 0.1) is 6.42 Å². The van der Waals surface area contributed by atoms with Crippen molar-refractivity contribution in [1.82, 2.24) is 4.90 Å². The second kappa shape index (κ2) is 5.74. The molecule has 0 aliphatic carbocycles. The predicted molar refractivity (Wildman–Crippen MR) is 76.3 cm³/mol. The Labute approximate surface area is 115 Å². The van der Waals surface area contributed by atoms with E-state index in [0.717, 1.165) is 19.4 Å². The van der Waals surface area contributed by atoms with Gasteiger partial charge in [-0.05, 0) is 51.3 Å². The van der Waals surface area contributed by atoms with Crippen LogP contribution in [0.2, 0.25) is 0 Å². The Morgan fingerprint density at radius 3 is 2.89 bits per heavy atom. The third-order valence-corrected chi connectivity index (χ3v) is 4.22. The van der Waals surface area contributed by atoms with E-state index in [9.17, 15) is 4.79 Å². The molecule has 1 aliphatic heterocycles. The minimum Gasteiger partial charge on any atom is -0.481 e. The van der Waals surface area contributed by atoms with Gasteiger partial charge in [-0.15, -0.1) is 0 Å². The maximum Gasteiger partial charge on any atom is 0.304 e. The third-order valence-electron chi connectivity index (χ3n) is 4.22. The van der Waals surface area contributed by atoms with Crippen LogP contribution in [-0.4, -0.2) is 28.6 Å². The van der Waals surface area contributed by atoms with E-state index in [4.69, 9.17) is 5.11 Å². The molecular formula is C16H23NO2. The van der Waals surface area contributed by atoms with Gasteiger partial charge in [0.15, 0.2) is 0 Å². The van der Waals surface area contributed by atoms with Crippen LogP contribution >= 0.6 is 0 Å². The lowest BCUT2D eigenvalue weighted by atomic mass is 9.98. The minimum absolute atomic E-state index is 0.187. The summed E-state index contributed by atoms with van der Waals surface area (Å²) in [5.74, 6) is -0.690. The first-order valence-electron chi connectivity index (χ1n) is 7.03. The van der Waals surface area contributed by atoms with Gasteiger partial charge in [-0.25, -0.2) is 0 Å². The van der Waals surface area contributed by atoms with E-state index in [1.807, 2.05) is 0 Å². The van der Waals surface area contributed by atoms with Crippen LogP contribution in [0.5, 0.6) is 0 Å². The highest BCUT2D eigenvalue weighted by molar-refractivity contribution is 5.67. The van der Waals surface area contributed by atoms with Crippen molar-refractivity contribution in [3.8, 4) is 0 Å². The van der Waals surface area contributed by atoms with E-state index in [2.05, 4.69) is 43.9 Å². The quantitative estimate of drug-likeness (QED) is 0.904. The highest BCUT2D eigenvalue weighted by Gasteiger charge is 2.31. The number of hydrogen-bond donors (Lipinski definition) is 1. The van der Waals surface area contributed by atoms with Crippen molar-refractivity contribution in [3.63, 3.8) is 0 Å². The first kappa shape index (κ1) is 14.1. The van der Waals surface area contributed by atoms with Crippen LogP contribution in [0.3, 0.4) is 0 Å². The van der Waals surface area contributed by atoms with Gasteiger partial charge in [-0.3, -0.25) is 9.69 Å². The zero-order chi connectivity index (χ0) is 14.0. The van der Waals surface area contributed by atoms with E-state index in [1.165, 1.54) is 16.7 Å². The molecule has 0 radical (unpaired) electrons. The van der Waals surface area contributed by atoms with Gasteiger partial charge in [0.25, 0.3) is 0 Å². The van der Waals surface area contributed by atoms with Gasteiger partial charge in [0.2, 0.25) is 0 Å². The van der Waals surface area contributed by atoms with Crippen LogP contribution in [0.15, 0.2) is 18.2 Å². The molecule has 2 rings (SSSR count). The zero-order valence-corrected chi connectivity index (χ0v) is 12.0. The summed E-state index contributed by atoms with van der Waals surface area (Å²) in [6, 6.07) is 7.00. The summed E-state index contributed by atoms with van der Waals surface area (Å²) in [6.45, 7) is 7.44. The van der Waals surface area contributed by atoms with Crippen LogP contribution in [0.4, 0.5) is 0 Å². The summed E-state index contributed by atoms with van der Waals surface area (Å²) in [5, 5.41) is 9.02. The fourth-order valence-corrected chi connectivity index (χ4v) is 3.18. The molecule has 2 unspecified atom stereocenters. The van der Waals surface area contributed by atoms with E-state index in [0.29, 0.717) is 6.04 Å². The number of carbonyl (C=O) groups is 1. The molecule has 1 aliphatic rings. The molecule has 2 atom stereocenters. The van der Waals surface area contributed by atoms with Crippen molar-refractivity contribution in [1.29, 1.82) is 0 Å². The number of rotatable bonds is 4. The highest BCUT2D eigenvalue weighted by atomic mass is 16.4. The molecule has 1 fully saturated rings. The first-order chi connectivity index (χ1) is 8.99. The molecule has 0 amide bonds. The third kappa shape index (κ3) is 3.16. The molecule has 3 nitrogen and oxygen atoms in total. The molecule has 0 saturated carbocycles. The molecule has 0 spiro atoms. The van der Waals surface area contributed by atoms with Gasteiger partial charge in [-0.1, -0.05) is 23.8 Å². The summed E-state index contributed by atoms with van der Waals surface area (Å²) in [6.07, 6.45) is 2.36. The van der Waals surface area contributed by atoms with Gasteiger partial charge < -0.3 is 5.11 Å². The Balaban J connectivity index is 2.20. The van der Waals surface area contributed by atoms with E-state index in [-0.39, 0.29) is 12.5 Å². The lowest BCUT2D eigenvalue weighted by molar-refractivity contribution is -0.138. The van der Waals surface area contributed by atoms with E-state index >= 15 is 0 Å². The van der Waals surface area contributed by atoms with Crippen LogP contribution in [0.25, 0.3) is 0 Å². The largest absolute Gasteiger partial charge is 0.481 e. The molecule has 1 aromatic carbocycles. The van der Waals surface area contributed by atoms with Crippen molar-refractivity contribution in [2.24, 2.45) is 0 Å². The zero-order valence-electron chi connectivity index (χ0n) is 12.0. The normalized spacial score (nSPS) is 21.5. The van der Waals surface area contributed by atoms with Crippen molar-refractivity contribution in [2.45, 2.75) is 52.1 Å². The van der Waals surface area contributed by atoms with Crippen LogP contribution in [0.1, 0.15) is 48.9 Å². The second-order valence-corrected chi connectivity index (χ2v) is 5.67. The maximum atomic E-state index is 11.0. The molecule has 1 N–H and O–H groups in total. The Morgan fingerprint density at radius 1 is 1.47 bits per heavy atom. The summed E-state index contributed by atoms with van der Waals surface area (Å²) in [7, 11) is 0. The summed E-state index contributed by atoms with van der Waals surface area (Å²) < 4.78 is 0. The molecule has 0 bridgehead atoms. The number of hydrogen-bond acceptors (Lipinski definition) is 2. The van der Waals surface area contributed by atoms with E-state index < -0.39 is 5.97 Å². The summed E-state index contributed by atoms with van der Waals surface area (Å²) in [5.41, 5.74) is 3.89. The van der Waals surface area contributed by atoms with Crippen LogP contribution in [-0.2, 0) is 4.79 Å². The smallest absolute Gasteiger partial charge is 0.304 e. The summed E-state index contributed by atoms with van der Waals surface area (Å²) in [4.78, 5) is 13.3. The Bertz CT molecular complexity index is 470. The molecule has 1 aromatic rings. The first-order valence-corrected chi connectivity index (χ1v) is 7.03. The molecule has 1 saturated heterocycles. The topological polar surface area (TPSA) is 40.5 Å². The average molecular weight is 261 g/mol. The second-order valence-electron chi connectivity index (χ2n) is 5.67. The Morgan fingerprint density at radius 2 is 2.21 bits per heavy atom. The molecule has 19 heavy (non-hydrogen) atoms. The standard InChI is InChI=1S/C16H23NO2/c1-11-6-7-12(2)15(9-11)13(3)17-8-4-5-14(17)10-16(18)19/h6-7,9,13-14H,4-5,8,10H2,1-3H3,(H,18,19). The maximum absolute atomic E-state index is 11.0. The fraction of sp³-hybridized carbons (Fsp3) is 0.562. The molecule has 0 aromatic heterocycles. The number of aliphatic carboxylic acids is 1. The Hall–Kier alpha value is -1.35. The number of carboxylic acids is 1. The van der Waals surface area contributed by atoms with Crippen molar-refractivity contribution < 1.29 is 9.90 Å². The molecule has 3 heteroatoms. The number of aryl methyl sites for hydroxylation is 2. The van der Waals surface area contributed by atoms with Crippen LogP contribution in [0, 0.1) is 13.8 Å². The number of carboxylic acid groups (broad SMARTS) is 1. The monoisotopic (exact) mass is 261 g/mol. The van der Waals surface area contributed by atoms with Crippen molar-refractivity contribution in [3.05, 3.63) is 34.9 Å². The fourth-order valence-electron chi connectivity index (χ4n) is 3.18. The average Bonchev–Trinajstić information content (AvgIpc) is 2.78. The minimum atomic E-state index is -0.690. The number of nitrogens with zero attached hydrogens (tertiary/aromatic N) is 1. The lowest BCUT2D eigenvalue weighted by Crippen LogP contribution is -2.34. The molecule has 1 heterocycles. The highest BCUT2D eigenvalue weighted by Crippen LogP contribution is 2.32. The van der Waals surface area contributed by atoms with Crippen LogP contribution < -0.4 is 0 Å². The number of likely N-dealkylation sites (tertiary alicyclic amines) is 1. The van der Waals surface area contributed by atoms with Gasteiger partial charge in [0, 0.05) is 12.1 Å². The van der Waals surface area contributed by atoms with Gasteiger partial charge in [0.1, 0.15) is 0 Å².